The second-order valence-corrected chi connectivity index (χ2v) is 21.0. The van der Waals surface area contributed by atoms with E-state index >= 15 is 4.39 Å². The summed E-state index contributed by atoms with van der Waals surface area (Å²) in [5, 5.41) is 0.720. The fourth-order valence-electron chi connectivity index (χ4n) is 9.27. The van der Waals surface area contributed by atoms with Crippen molar-refractivity contribution in [3.63, 3.8) is 0 Å². The Morgan fingerprint density at radius 3 is 2.39 bits per heavy atom. The summed E-state index contributed by atoms with van der Waals surface area (Å²) < 4.78 is 62.9. The molecular weight excluding hydrogens is 877 g/mol. The van der Waals surface area contributed by atoms with Crippen molar-refractivity contribution < 1.29 is 31.8 Å². The Hall–Kier alpha value is -4.50. The predicted molar refractivity (Wildman–Crippen MR) is 250 cm³/mol. The average molecular weight is 931 g/mol. The number of nitrogens with one attached hydrogen (secondary N) is 1. The highest BCUT2D eigenvalue weighted by Crippen LogP contribution is 2.44. The van der Waals surface area contributed by atoms with Gasteiger partial charge in [0.2, 0.25) is 0 Å². The lowest BCUT2D eigenvalue weighted by Gasteiger charge is -2.43. The van der Waals surface area contributed by atoms with Crippen LogP contribution < -0.4 is 19.1 Å². The largest absolute Gasteiger partial charge is 0.489 e. The standard InChI is InChI=1S/C49H54Cl2FN5O6S/c1-48(2)15-14-35(41(26-48)33-6-8-36(50)9-7-33)29-55-20-22-57(23-21-55)37-10-12-40(46(24-37)63-44-5-3-4-34-27-53-28-42(34)44)47(58)54-64(59,60)39-11-13-45(43(51)25-39)62-32-49(52)16-18-56(19-17-49)38-30-61-31-38/h3-13,24-25,28,38H,14-23,26-27,29-32H2,1-2H3,(H,54,58). The van der Waals surface area contributed by atoms with Crippen molar-refractivity contribution >= 4 is 56.6 Å². The number of rotatable bonds is 13. The molecule has 4 aromatic rings. The van der Waals surface area contributed by atoms with E-state index < -0.39 is 21.6 Å². The third-order valence-corrected chi connectivity index (χ3v) is 15.2. The molecule has 0 unspecified atom stereocenters. The summed E-state index contributed by atoms with van der Waals surface area (Å²) in [6.07, 6.45) is 5.61. The number of carbonyl (C=O) groups excluding carboxylic acids is 1. The number of ether oxygens (including phenoxy) is 3. The Balaban J connectivity index is 0.889. The molecule has 11 nitrogen and oxygen atoms in total. The Bertz CT molecular complexity index is 2570. The van der Waals surface area contributed by atoms with E-state index in [1.165, 1.54) is 34.9 Å². The minimum Gasteiger partial charge on any atom is -0.489 e. The highest BCUT2D eigenvalue weighted by atomic mass is 35.5. The van der Waals surface area contributed by atoms with Crippen LogP contribution in [-0.4, -0.2) is 108 Å². The number of carbonyl (C=O) groups is 1. The van der Waals surface area contributed by atoms with Crippen LogP contribution >= 0.6 is 23.2 Å². The van der Waals surface area contributed by atoms with Gasteiger partial charge in [0, 0.05) is 74.4 Å². The predicted octanol–water partition coefficient (Wildman–Crippen LogP) is 9.20. The van der Waals surface area contributed by atoms with Gasteiger partial charge in [-0.05, 0) is 103 Å². The van der Waals surface area contributed by atoms with Gasteiger partial charge in [0.25, 0.3) is 15.9 Å². The lowest BCUT2D eigenvalue weighted by molar-refractivity contribution is -0.0890. The van der Waals surface area contributed by atoms with Crippen molar-refractivity contribution in [1.29, 1.82) is 0 Å². The van der Waals surface area contributed by atoms with Crippen LogP contribution in [0.3, 0.4) is 0 Å². The number of piperidine rings is 1. The van der Waals surface area contributed by atoms with Gasteiger partial charge in [-0.2, -0.15) is 0 Å². The van der Waals surface area contributed by atoms with Crippen LogP contribution in [0.25, 0.3) is 5.57 Å². The first kappa shape index (κ1) is 44.7. The molecule has 0 saturated carbocycles. The van der Waals surface area contributed by atoms with Gasteiger partial charge in [0.15, 0.2) is 0 Å². The Morgan fingerprint density at radius 2 is 1.67 bits per heavy atom. The molecule has 64 heavy (non-hydrogen) atoms. The Labute approximate surface area is 385 Å². The molecule has 1 aliphatic carbocycles. The summed E-state index contributed by atoms with van der Waals surface area (Å²) in [6, 6.07) is 23.3. The zero-order valence-corrected chi connectivity index (χ0v) is 38.6. The van der Waals surface area contributed by atoms with E-state index in [9.17, 15) is 13.2 Å². The summed E-state index contributed by atoms with van der Waals surface area (Å²) in [5.74, 6) is -0.00186. The van der Waals surface area contributed by atoms with E-state index in [4.69, 9.17) is 37.4 Å². The number of hydrogen-bond acceptors (Lipinski definition) is 10. The Kier molecular flexibility index (Phi) is 12.9. The first-order valence-electron chi connectivity index (χ1n) is 22.1. The van der Waals surface area contributed by atoms with Gasteiger partial charge in [0.05, 0.1) is 41.3 Å². The van der Waals surface area contributed by atoms with E-state index in [0.717, 1.165) is 73.8 Å². The van der Waals surface area contributed by atoms with Gasteiger partial charge >= 0.3 is 0 Å². The lowest BCUT2D eigenvalue weighted by Crippen LogP contribution is -2.55. The second-order valence-electron chi connectivity index (χ2n) is 18.5. The maximum atomic E-state index is 15.7. The van der Waals surface area contributed by atoms with Gasteiger partial charge in [0.1, 0.15) is 29.5 Å². The van der Waals surface area contributed by atoms with Gasteiger partial charge < -0.3 is 19.1 Å². The summed E-state index contributed by atoms with van der Waals surface area (Å²) in [7, 11) is -4.42. The van der Waals surface area contributed by atoms with E-state index in [-0.39, 0.29) is 39.0 Å². The number of benzene rings is 4. The van der Waals surface area contributed by atoms with Crippen LogP contribution in [-0.2, 0) is 21.3 Å². The number of allylic oxidation sites excluding steroid dienone is 1. The molecule has 3 fully saturated rings. The van der Waals surface area contributed by atoms with Crippen molar-refractivity contribution in [3.8, 4) is 17.2 Å². The molecule has 0 radical (unpaired) electrons. The molecule has 1 N–H and O–H groups in total. The molecule has 9 rings (SSSR count). The quantitative estimate of drug-likeness (QED) is 0.140. The van der Waals surface area contributed by atoms with Gasteiger partial charge in [-0.25, -0.2) is 17.5 Å². The number of aliphatic imine (C=N–C) groups is 1. The van der Waals surface area contributed by atoms with Crippen LogP contribution in [0.15, 0.2) is 94.3 Å². The zero-order valence-electron chi connectivity index (χ0n) is 36.3. The van der Waals surface area contributed by atoms with E-state index in [0.29, 0.717) is 57.5 Å². The van der Waals surface area contributed by atoms with Crippen molar-refractivity contribution in [2.24, 2.45) is 10.4 Å². The summed E-state index contributed by atoms with van der Waals surface area (Å²) in [5.41, 5.74) is 5.54. The monoisotopic (exact) mass is 929 g/mol. The fraction of sp³-hybridized carbons (Fsp3) is 0.429. The highest BCUT2D eigenvalue weighted by Gasteiger charge is 2.39. The number of anilines is 1. The van der Waals surface area contributed by atoms with Gasteiger partial charge in [-0.1, -0.05) is 66.9 Å². The van der Waals surface area contributed by atoms with Crippen molar-refractivity contribution in [2.75, 3.05) is 70.5 Å². The van der Waals surface area contributed by atoms with Crippen LogP contribution in [0, 0.1) is 5.41 Å². The SMILES string of the molecule is CC1(C)CCC(CN2CCN(c3ccc(C(=O)NS(=O)(=O)c4ccc(OCC5(F)CCN(C6COC6)CC5)c(Cl)c4)c(Oc4cccc5c4C=NC5)c3)CC2)=C(c2ccc(Cl)cc2)C1. The molecule has 0 spiro atoms. The summed E-state index contributed by atoms with van der Waals surface area (Å²) in [6.45, 7) is 11.7. The lowest BCUT2D eigenvalue weighted by atomic mass is 9.72. The molecule has 0 aromatic heterocycles. The summed E-state index contributed by atoms with van der Waals surface area (Å²) in [4.78, 5) is 25.2. The smallest absolute Gasteiger partial charge is 0.268 e. The van der Waals surface area contributed by atoms with Crippen LogP contribution in [0.1, 0.15) is 73.0 Å². The van der Waals surface area contributed by atoms with Crippen molar-refractivity contribution in [2.45, 2.75) is 69.1 Å². The molecule has 0 bridgehead atoms. The van der Waals surface area contributed by atoms with Crippen molar-refractivity contribution in [1.82, 2.24) is 14.5 Å². The number of likely N-dealkylation sites (tertiary alicyclic amines) is 1. The number of piperazine rings is 1. The minimum atomic E-state index is -4.42. The number of alkyl halides is 1. The number of amides is 1. The number of fused-ring (bicyclic) bond motifs is 1. The van der Waals surface area contributed by atoms with E-state index in [1.54, 1.807) is 18.3 Å². The maximum Gasteiger partial charge on any atom is 0.268 e. The maximum absolute atomic E-state index is 15.7. The molecule has 0 atom stereocenters. The van der Waals surface area contributed by atoms with E-state index in [1.807, 2.05) is 36.4 Å². The topological polar surface area (TPSA) is 113 Å². The number of hydrogen-bond donors (Lipinski definition) is 1. The normalized spacial score (nSPS) is 20.2. The molecule has 5 aliphatic rings. The fourth-order valence-corrected chi connectivity index (χ4v) is 10.7. The molecule has 4 aliphatic heterocycles. The first-order chi connectivity index (χ1) is 30.7. The van der Waals surface area contributed by atoms with Crippen LogP contribution in [0.2, 0.25) is 10.0 Å². The van der Waals surface area contributed by atoms with Crippen LogP contribution in [0.4, 0.5) is 10.1 Å². The highest BCUT2D eigenvalue weighted by molar-refractivity contribution is 7.90. The summed E-state index contributed by atoms with van der Waals surface area (Å²) >= 11 is 12.8. The number of sulfonamides is 1. The van der Waals surface area contributed by atoms with Gasteiger partial charge in [-0.3, -0.25) is 19.6 Å². The molecule has 1 amide bonds. The van der Waals surface area contributed by atoms with E-state index in [2.05, 4.69) is 50.4 Å². The number of halogens is 3. The molecule has 3 saturated heterocycles. The number of nitrogens with zero attached hydrogens (tertiary/aromatic N) is 4. The van der Waals surface area contributed by atoms with Crippen molar-refractivity contribution in [3.05, 3.63) is 117 Å². The molecule has 338 valence electrons. The molecule has 4 heterocycles. The average Bonchev–Trinajstić information content (AvgIpc) is 3.75. The van der Waals surface area contributed by atoms with Gasteiger partial charge in [-0.15, -0.1) is 0 Å². The Morgan fingerprint density at radius 1 is 0.906 bits per heavy atom. The molecule has 15 heteroatoms. The molecule has 4 aromatic carbocycles. The second kappa shape index (κ2) is 18.4. The zero-order chi connectivity index (χ0) is 44.6. The first-order valence-corrected chi connectivity index (χ1v) is 24.3. The van der Waals surface area contributed by atoms with Crippen LogP contribution in [0.5, 0.6) is 17.2 Å². The third kappa shape index (κ3) is 10.00. The third-order valence-electron chi connectivity index (χ3n) is 13.4. The minimum absolute atomic E-state index is 0.0162. The molecular formula is C49H54Cl2FN5O6S.